The fourth-order valence-electron chi connectivity index (χ4n) is 2.02. The molecule has 11 heavy (non-hydrogen) atoms. The highest BCUT2D eigenvalue weighted by atomic mass is 16.5. The maximum Gasteiger partial charge on any atom is 0.140 e. The van der Waals surface area contributed by atoms with Crippen LogP contribution in [0.1, 0.15) is 6.42 Å². The van der Waals surface area contributed by atoms with E-state index in [1.165, 1.54) is 0 Å². The first kappa shape index (κ1) is 7.04. The summed E-state index contributed by atoms with van der Waals surface area (Å²) < 4.78 is 5.05. The smallest absolute Gasteiger partial charge is 0.140 e. The summed E-state index contributed by atoms with van der Waals surface area (Å²) in [6.45, 7) is 0.769. The molecule has 1 fully saturated rings. The largest absolute Gasteiger partial charge is 0.384 e. The van der Waals surface area contributed by atoms with Gasteiger partial charge in [0.1, 0.15) is 5.78 Å². The van der Waals surface area contributed by atoms with Crippen LogP contribution in [0.2, 0.25) is 0 Å². The average Bonchev–Trinajstić information content (AvgIpc) is 2.28. The molecule has 0 unspecified atom stereocenters. The second-order valence-corrected chi connectivity index (χ2v) is 3.36. The summed E-state index contributed by atoms with van der Waals surface area (Å²) >= 11 is 0. The summed E-state index contributed by atoms with van der Waals surface area (Å²) in [5, 5.41) is 0. The van der Waals surface area contributed by atoms with Crippen molar-refractivity contribution in [3.8, 4) is 0 Å². The zero-order chi connectivity index (χ0) is 7.84. The predicted octanol–water partition coefficient (Wildman–Crippen LogP) is 1.02. The van der Waals surface area contributed by atoms with E-state index in [1.807, 2.05) is 6.08 Å². The number of ketones is 1. The second kappa shape index (κ2) is 2.45. The number of fused-ring (bicyclic) bond motifs is 1. The fraction of sp³-hybridized carbons (Fsp3) is 0.667. The molecule has 3 atom stereocenters. The van der Waals surface area contributed by atoms with Crippen LogP contribution in [0.4, 0.5) is 0 Å². The van der Waals surface area contributed by atoms with Gasteiger partial charge in [-0.1, -0.05) is 12.2 Å². The van der Waals surface area contributed by atoms with Gasteiger partial charge in [0, 0.05) is 25.4 Å². The van der Waals surface area contributed by atoms with Crippen molar-refractivity contribution < 1.29 is 9.53 Å². The van der Waals surface area contributed by atoms with Gasteiger partial charge in [0.2, 0.25) is 0 Å². The molecule has 1 saturated carbocycles. The molecule has 0 spiro atoms. The third-order valence-corrected chi connectivity index (χ3v) is 2.74. The Morgan fingerprint density at radius 1 is 1.64 bits per heavy atom. The predicted molar refractivity (Wildman–Crippen MR) is 41.1 cm³/mol. The Morgan fingerprint density at radius 3 is 3.00 bits per heavy atom. The van der Waals surface area contributed by atoms with Crippen molar-refractivity contribution in [3.63, 3.8) is 0 Å². The van der Waals surface area contributed by atoms with Gasteiger partial charge >= 0.3 is 0 Å². The van der Waals surface area contributed by atoms with E-state index in [2.05, 4.69) is 6.08 Å². The Morgan fingerprint density at radius 2 is 2.45 bits per heavy atom. The minimum absolute atomic E-state index is 0.246. The van der Waals surface area contributed by atoms with Gasteiger partial charge in [-0.15, -0.1) is 0 Å². The van der Waals surface area contributed by atoms with Crippen LogP contribution in [-0.2, 0) is 9.53 Å². The van der Waals surface area contributed by atoms with E-state index in [0.29, 0.717) is 17.6 Å². The molecule has 0 saturated heterocycles. The molecule has 2 aliphatic rings. The van der Waals surface area contributed by atoms with E-state index in [0.717, 1.165) is 13.0 Å². The third-order valence-electron chi connectivity index (χ3n) is 2.74. The summed E-state index contributed by atoms with van der Waals surface area (Å²) in [5.74, 6) is 1.73. The Bertz CT molecular complexity index is 208. The number of carbonyl (C=O) groups is 1. The van der Waals surface area contributed by atoms with Crippen molar-refractivity contribution >= 4 is 5.78 Å². The van der Waals surface area contributed by atoms with Crippen LogP contribution in [0.5, 0.6) is 0 Å². The molecule has 0 amide bonds. The summed E-state index contributed by atoms with van der Waals surface area (Å²) in [5.41, 5.74) is 0. The molecule has 2 rings (SSSR count). The van der Waals surface area contributed by atoms with Crippen molar-refractivity contribution in [2.24, 2.45) is 17.8 Å². The standard InChI is InChI=1S/C9H12O2/c1-11-5-6-2-3-7-8(6)4-9(7)10/h2-3,6-8H,4-5H2,1H3/t6-,7-,8+/m0/s1. The Balaban J connectivity index is 1.99. The number of ether oxygens (including phenoxy) is 1. The molecule has 60 valence electrons. The zero-order valence-electron chi connectivity index (χ0n) is 6.62. The Kier molecular flexibility index (Phi) is 1.57. The van der Waals surface area contributed by atoms with Crippen LogP contribution in [0, 0.1) is 17.8 Å². The van der Waals surface area contributed by atoms with Crippen molar-refractivity contribution in [3.05, 3.63) is 12.2 Å². The summed E-state index contributed by atoms with van der Waals surface area (Å²) in [7, 11) is 1.71. The van der Waals surface area contributed by atoms with Gasteiger partial charge in [-0.3, -0.25) is 4.79 Å². The van der Waals surface area contributed by atoms with E-state index in [9.17, 15) is 4.79 Å². The molecule has 0 aromatic carbocycles. The normalized spacial score (nSPS) is 40.5. The van der Waals surface area contributed by atoms with E-state index < -0.39 is 0 Å². The van der Waals surface area contributed by atoms with Gasteiger partial charge in [-0.05, 0) is 5.92 Å². The lowest BCUT2D eigenvalue weighted by Crippen LogP contribution is -2.37. The van der Waals surface area contributed by atoms with Gasteiger partial charge in [0.15, 0.2) is 0 Å². The molecular formula is C9H12O2. The quantitative estimate of drug-likeness (QED) is 0.552. The van der Waals surface area contributed by atoms with Crippen LogP contribution < -0.4 is 0 Å². The highest BCUT2D eigenvalue weighted by Crippen LogP contribution is 2.43. The first-order valence-corrected chi connectivity index (χ1v) is 4.03. The van der Waals surface area contributed by atoms with E-state index in [1.54, 1.807) is 7.11 Å². The van der Waals surface area contributed by atoms with E-state index >= 15 is 0 Å². The van der Waals surface area contributed by atoms with Crippen LogP contribution in [0.3, 0.4) is 0 Å². The minimum atomic E-state index is 0.246. The Labute approximate surface area is 66.2 Å². The molecule has 0 radical (unpaired) electrons. The van der Waals surface area contributed by atoms with Gasteiger partial charge in [0.05, 0.1) is 6.61 Å². The number of methoxy groups -OCH3 is 1. The average molecular weight is 152 g/mol. The minimum Gasteiger partial charge on any atom is -0.384 e. The molecule has 0 N–H and O–H groups in total. The highest BCUT2D eigenvalue weighted by molar-refractivity contribution is 5.90. The van der Waals surface area contributed by atoms with E-state index in [-0.39, 0.29) is 5.92 Å². The molecule has 0 bridgehead atoms. The summed E-state index contributed by atoms with van der Waals surface area (Å²) in [6.07, 6.45) is 4.94. The maximum absolute atomic E-state index is 11.0. The molecule has 0 aliphatic heterocycles. The number of Topliss-reactive ketones (excluding diaryl/α,β-unsaturated/α-hetero) is 1. The van der Waals surface area contributed by atoms with Gasteiger partial charge < -0.3 is 4.74 Å². The SMILES string of the molecule is COC[C@@H]1C=C[C@@H]2C(=O)C[C@@H]21. The second-order valence-electron chi connectivity index (χ2n) is 3.36. The van der Waals surface area contributed by atoms with Crippen LogP contribution in [-0.4, -0.2) is 19.5 Å². The molecule has 2 nitrogen and oxygen atoms in total. The molecular weight excluding hydrogens is 140 g/mol. The molecule has 2 heteroatoms. The first-order valence-electron chi connectivity index (χ1n) is 4.03. The topological polar surface area (TPSA) is 26.3 Å². The lowest BCUT2D eigenvalue weighted by Gasteiger charge is -2.32. The Hall–Kier alpha value is -0.630. The van der Waals surface area contributed by atoms with Crippen molar-refractivity contribution in [1.82, 2.24) is 0 Å². The van der Waals surface area contributed by atoms with Crippen LogP contribution in [0.15, 0.2) is 12.2 Å². The van der Waals surface area contributed by atoms with Crippen LogP contribution in [0.25, 0.3) is 0 Å². The number of hydrogen-bond acceptors (Lipinski definition) is 2. The maximum atomic E-state index is 11.0. The van der Waals surface area contributed by atoms with Crippen molar-refractivity contribution in [1.29, 1.82) is 0 Å². The lowest BCUT2D eigenvalue weighted by molar-refractivity contribution is -0.132. The molecule has 2 aliphatic carbocycles. The summed E-state index contributed by atoms with van der Waals surface area (Å²) in [6, 6.07) is 0. The fourth-order valence-corrected chi connectivity index (χ4v) is 2.02. The number of hydrogen-bond donors (Lipinski definition) is 0. The lowest BCUT2D eigenvalue weighted by atomic mass is 9.71. The van der Waals surface area contributed by atoms with Gasteiger partial charge in [0.25, 0.3) is 0 Å². The van der Waals surface area contributed by atoms with Crippen molar-refractivity contribution in [2.45, 2.75) is 6.42 Å². The summed E-state index contributed by atoms with van der Waals surface area (Å²) in [4.78, 5) is 11.0. The highest BCUT2D eigenvalue weighted by Gasteiger charge is 2.44. The zero-order valence-corrected chi connectivity index (χ0v) is 6.62. The number of allylic oxidation sites excluding steroid dienone is 1. The number of rotatable bonds is 2. The van der Waals surface area contributed by atoms with Crippen molar-refractivity contribution in [2.75, 3.05) is 13.7 Å². The van der Waals surface area contributed by atoms with Gasteiger partial charge in [-0.25, -0.2) is 0 Å². The van der Waals surface area contributed by atoms with Crippen LogP contribution >= 0.6 is 0 Å². The van der Waals surface area contributed by atoms with Gasteiger partial charge in [-0.2, -0.15) is 0 Å². The molecule has 0 aromatic rings. The monoisotopic (exact) mass is 152 g/mol. The third kappa shape index (κ3) is 0.932. The number of carbonyl (C=O) groups excluding carboxylic acids is 1. The van der Waals surface area contributed by atoms with E-state index in [4.69, 9.17) is 4.74 Å². The first-order chi connectivity index (χ1) is 5.33. The molecule has 0 heterocycles. The molecule has 0 aromatic heterocycles.